The van der Waals surface area contributed by atoms with Crippen molar-refractivity contribution in [1.82, 2.24) is 4.90 Å². The molecule has 1 aromatic rings. The molecule has 1 N–H and O–H groups in total. The van der Waals surface area contributed by atoms with Crippen LogP contribution in [0.2, 0.25) is 0 Å². The highest BCUT2D eigenvalue weighted by atomic mass is 19.4. The van der Waals surface area contributed by atoms with Crippen LogP contribution in [0.3, 0.4) is 0 Å². The van der Waals surface area contributed by atoms with Crippen molar-refractivity contribution in [3.63, 3.8) is 0 Å². The molecular formula is C14H16F3N3O. The first kappa shape index (κ1) is 16.8. The summed E-state index contributed by atoms with van der Waals surface area (Å²) < 4.78 is 38.4. The predicted octanol–water partition coefficient (Wildman–Crippen LogP) is 2.86. The van der Waals surface area contributed by atoms with Gasteiger partial charge in [-0.3, -0.25) is 4.79 Å². The third-order valence-corrected chi connectivity index (χ3v) is 3.06. The molecule has 0 aliphatic rings. The van der Waals surface area contributed by atoms with Gasteiger partial charge in [0.1, 0.15) is 0 Å². The number of alkyl halides is 3. The fourth-order valence-corrected chi connectivity index (χ4v) is 1.58. The average Bonchev–Trinajstić information content (AvgIpc) is 2.42. The number of hydrogen-bond acceptors (Lipinski definition) is 3. The second-order valence-electron chi connectivity index (χ2n) is 4.82. The lowest BCUT2D eigenvalue weighted by Gasteiger charge is -2.22. The Kier molecular flexibility index (Phi) is 5.19. The topological polar surface area (TPSA) is 56.1 Å². The number of nitrogens with one attached hydrogen (secondary N) is 1. The molecule has 7 heteroatoms. The van der Waals surface area contributed by atoms with Crippen LogP contribution in [-0.2, 0) is 11.0 Å². The maximum absolute atomic E-state index is 12.8. The van der Waals surface area contributed by atoms with Crippen LogP contribution in [0.25, 0.3) is 0 Å². The summed E-state index contributed by atoms with van der Waals surface area (Å²) >= 11 is 0. The molecule has 0 aliphatic heterocycles. The Bertz CT molecular complexity index is 562. The third kappa shape index (κ3) is 4.38. The molecule has 0 saturated heterocycles. The van der Waals surface area contributed by atoms with E-state index >= 15 is 0 Å². The molecule has 0 spiro atoms. The number of carbonyl (C=O) groups excluding carboxylic acids is 1. The van der Waals surface area contributed by atoms with Crippen LogP contribution in [0, 0.1) is 11.3 Å². The SMILES string of the molecule is CC(C)N(C)C(=O)CNc1ccc(C#N)c(C(F)(F)F)c1. The minimum atomic E-state index is -4.61. The molecule has 1 amide bonds. The number of hydrogen-bond donors (Lipinski definition) is 1. The number of carbonyl (C=O) groups is 1. The van der Waals surface area contributed by atoms with Crippen LogP contribution in [0.15, 0.2) is 18.2 Å². The zero-order chi connectivity index (χ0) is 16.2. The van der Waals surface area contributed by atoms with Gasteiger partial charge in [-0.1, -0.05) is 0 Å². The molecular weight excluding hydrogens is 283 g/mol. The highest BCUT2D eigenvalue weighted by Crippen LogP contribution is 2.33. The van der Waals surface area contributed by atoms with Crippen molar-refractivity contribution in [3.05, 3.63) is 29.3 Å². The molecule has 0 saturated carbocycles. The highest BCUT2D eigenvalue weighted by molar-refractivity contribution is 5.81. The lowest BCUT2D eigenvalue weighted by atomic mass is 10.1. The molecule has 1 rings (SSSR count). The summed E-state index contributed by atoms with van der Waals surface area (Å²) in [7, 11) is 1.62. The highest BCUT2D eigenvalue weighted by Gasteiger charge is 2.33. The third-order valence-electron chi connectivity index (χ3n) is 3.06. The van der Waals surface area contributed by atoms with E-state index in [9.17, 15) is 18.0 Å². The summed E-state index contributed by atoms with van der Waals surface area (Å²) in [6, 6.07) is 4.77. The fraction of sp³-hybridized carbons (Fsp3) is 0.429. The van der Waals surface area contributed by atoms with E-state index in [1.165, 1.54) is 17.0 Å². The van der Waals surface area contributed by atoms with E-state index in [1.807, 2.05) is 13.8 Å². The standard InChI is InChI=1S/C14H16F3N3O/c1-9(2)20(3)13(21)8-19-11-5-4-10(7-18)12(6-11)14(15,16)17/h4-6,9,19H,8H2,1-3H3. The average molecular weight is 299 g/mol. The number of benzene rings is 1. The number of halogens is 3. The first-order chi connectivity index (χ1) is 9.66. The Morgan fingerprint density at radius 3 is 2.52 bits per heavy atom. The first-order valence-electron chi connectivity index (χ1n) is 6.27. The van der Waals surface area contributed by atoms with Crippen LogP contribution < -0.4 is 5.32 Å². The van der Waals surface area contributed by atoms with E-state index in [0.29, 0.717) is 0 Å². The van der Waals surface area contributed by atoms with Crippen molar-refractivity contribution < 1.29 is 18.0 Å². The van der Waals surface area contributed by atoms with E-state index in [1.54, 1.807) is 7.05 Å². The van der Waals surface area contributed by atoms with Gasteiger partial charge in [0.05, 0.1) is 23.7 Å². The van der Waals surface area contributed by atoms with Crippen molar-refractivity contribution in [1.29, 1.82) is 5.26 Å². The Labute approximate surface area is 121 Å². The van der Waals surface area contributed by atoms with Gasteiger partial charge in [0, 0.05) is 18.8 Å². The number of nitrogens with zero attached hydrogens (tertiary/aromatic N) is 2. The van der Waals surface area contributed by atoms with Crippen LogP contribution in [0.4, 0.5) is 18.9 Å². The quantitative estimate of drug-likeness (QED) is 0.930. The molecule has 0 aromatic heterocycles. The summed E-state index contributed by atoms with van der Waals surface area (Å²) in [6.45, 7) is 3.56. The molecule has 0 bridgehead atoms. The fourth-order valence-electron chi connectivity index (χ4n) is 1.58. The number of amides is 1. The van der Waals surface area contributed by atoms with Gasteiger partial charge in [-0.05, 0) is 32.0 Å². The minimum Gasteiger partial charge on any atom is -0.376 e. The second kappa shape index (κ2) is 6.48. The molecule has 0 unspecified atom stereocenters. The zero-order valence-corrected chi connectivity index (χ0v) is 12.0. The van der Waals surface area contributed by atoms with Gasteiger partial charge in [-0.25, -0.2) is 0 Å². The van der Waals surface area contributed by atoms with E-state index in [2.05, 4.69) is 5.32 Å². The first-order valence-corrected chi connectivity index (χ1v) is 6.27. The lowest BCUT2D eigenvalue weighted by Crippen LogP contribution is -2.37. The maximum Gasteiger partial charge on any atom is 0.417 e. The van der Waals surface area contributed by atoms with Gasteiger partial charge in [0.15, 0.2) is 0 Å². The monoisotopic (exact) mass is 299 g/mol. The molecule has 114 valence electrons. The molecule has 0 fully saturated rings. The van der Waals surface area contributed by atoms with Gasteiger partial charge < -0.3 is 10.2 Å². The van der Waals surface area contributed by atoms with Crippen molar-refractivity contribution >= 4 is 11.6 Å². The summed E-state index contributed by atoms with van der Waals surface area (Å²) in [5.74, 6) is -0.233. The van der Waals surface area contributed by atoms with Gasteiger partial charge >= 0.3 is 6.18 Å². The lowest BCUT2D eigenvalue weighted by molar-refractivity contribution is -0.137. The Hall–Kier alpha value is -2.23. The number of anilines is 1. The largest absolute Gasteiger partial charge is 0.417 e. The van der Waals surface area contributed by atoms with E-state index in [-0.39, 0.29) is 24.2 Å². The van der Waals surface area contributed by atoms with E-state index < -0.39 is 17.3 Å². The van der Waals surface area contributed by atoms with Crippen LogP contribution in [0.5, 0.6) is 0 Å². The molecule has 21 heavy (non-hydrogen) atoms. The summed E-state index contributed by atoms with van der Waals surface area (Å²) in [4.78, 5) is 13.2. The predicted molar refractivity (Wildman–Crippen MR) is 72.6 cm³/mol. The van der Waals surface area contributed by atoms with Crippen molar-refractivity contribution in [2.45, 2.75) is 26.1 Å². The molecule has 1 aromatic carbocycles. The van der Waals surface area contributed by atoms with Gasteiger partial charge in [0.25, 0.3) is 0 Å². The molecule has 0 radical (unpaired) electrons. The molecule has 0 aliphatic carbocycles. The van der Waals surface area contributed by atoms with Gasteiger partial charge in [-0.15, -0.1) is 0 Å². The zero-order valence-electron chi connectivity index (χ0n) is 12.0. The van der Waals surface area contributed by atoms with E-state index in [0.717, 1.165) is 12.1 Å². The Morgan fingerprint density at radius 2 is 2.05 bits per heavy atom. The Morgan fingerprint density at radius 1 is 1.43 bits per heavy atom. The van der Waals surface area contributed by atoms with E-state index in [4.69, 9.17) is 5.26 Å². The summed E-state index contributed by atoms with van der Waals surface area (Å²) in [6.07, 6.45) is -4.61. The Balaban J connectivity index is 2.87. The van der Waals surface area contributed by atoms with Crippen molar-refractivity contribution in [3.8, 4) is 6.07 Å². The number of nitriles is 1. The van der Waals surface area contributed by atoms with Crippen LogP contribution >= 0.6 is 0 Å². The van der Waals surface area contributed by atoms with Crippen LogP contribution in [-0.4, -0.2) is 30.4 Å². The number of likely N-dealkylation sites (N-methyl/N-ethyl adjacent to an activating group) is 1. The molecule has 4 nitrogen and oxygen atoms in total. The van der Waals surface area contributed by atoms with Crippen LogP contribution in [0.1, 0.15) is 25.0 Å². The second-order valence-corrected chi connectivity index (χ2v) is 4.82. The summed E-state index contributed by atoms with van der Waals surface area (Å²) in [5.41, 5.74) is -1.31. The smallest absolute Gasteiger partial charge is 0.376 e. The van der Waals surface area contributed by atoms with Crippen molar-refractivity contribution in [2.75, 3.05) is 18.9 Å². The normalized spacial score (nSPS) is 11.1. The molecule has 0 atom stereocenters. The maximum atomic E-state index is 12.8. The van der Waals surface area contributed by atoms with Gasteiger partial charge in [-0.2, -0.15) is 18.4 Å². The molecule has 0 heterocycles. The number of rotatable bonds is 4. The van der Waals surface area contributed by atoms with Crippen molar-refractivity contribution in [2.24, 2.45) is 0 Å². The summed E-state index contributed by atoms with van der Waals surface area (Å²) in [5, 5.41) is 11.3. The van der Waals surface area contributed by atoms with Gasteiger partial charge in [0.2, 0.25) is 5.91 Å². The minimum absolute atomic E-state index is 0.00556.